The summed E-state index contributed by atoms with van der Waals surface area (Å²) in [7, 11) is 1.87. The first-order valence-electron chi connectivity index (χ1n) is 11.2. The van der Waals surface area contributed by atoms with Crippen LogP contribution in [0, 0.1) is 0 Å². The molecule has 0 spiro atoms. The topological polar surface area (TPSA) is 47.0 Å². The molecule has 0 unspecified atom stereocenters. The number of nitrogens with one attached hydrogen (secondary N) is 1. The molecule has 0 amide bonds. The molecule has 2 fully saturated rings. The molecule has 4 rings (SSSR count). The van der Waals surface area contributed by atoms with E-state index >= 15 is 0 Å². The fraction of sp³-hybridized carbons (Fsp3) is 0.500. The average molecular weight is 534 g/mol. The van der Waals surface area contributed by atoms with E-state index in [2.05, 4.69) is 60.3 Å². The second-order valence-corrected chi connectivity index (χ2v) is 8.22. The Labute approximate surface area is 203 Å². The van der Waals surface area contributed by atoms with E-state index in [1.54, 1.807) is 0 Å². The number of halogens is 1. The maximum Gasteiger partial charge on any atom is 0.194 e. The molecular formula is C24H35IN6. The van der Waals surface area contributed by atoms with E-state index in [9.17, 15) is 0 Å². The summed E-state index contributed by atoms with van der Waals surface area (Å²) in [5, 5.41) is 3.54. The number of guanidine groups is 1. The number of hydrogen-bond acceptors (Lipinski definition) is 4. The summed E-state index contributed by atoms with van der Waals surface area (Å²) in [5.41, 5.74) is 2.71. The predicted octanol–water partition coefficient (Wildman–Crippen LogP) is 3.58. The molecular weight excluding hydrogens is 499 g/mol. The first-order valence-corrected chi connectivity index (χ1v) is 11.2. The minimum Gasteiger partial charge on any atom is -0.353 e. The molecule has 0 bridgehead atoms. The Balaban J connectivity index is 0.00000272. The Morgan fingerprint density at radius 2 is 1.61 bits per heavy atom. The zero-order chi connectivity index (χ0) is 20.6. The van der Waals surface area contributed by atoms with E-state index in [0.29, 0.717) is 0 Å². The molecule has 31 heavy (non-hydrogen) atoms. The smallest absolute Gasteiger partial charge is 0.194 e. The molecule has 6 nitrogen and oxygen atoms in total. The third-order valence-corrected chi connectivity index (χ3v) is 6.09. The molecule has 0 atom stereocenters. The van der Waals surface area contributed by atoms with E-state index in [1.807, 2.05) is 25.4 Å². The Hall–Kier alpha value is -1.87. The highest BCUT2D eigenvalue weighted by Gasteiger charge is 2.20. The van der Waals surface area contributed by atoms with Gasteiger partial charge in [-0.3, -0.25) is 9.89 Å². The number of anilines is 1. The lowest BCUT2D eigenvalue weighted by Crippen LogP contribution is -2.52. The fourth-order valence-electron chi connectivity index (χ4n) is 4.34. The second kappa shape index (κ2) is 12.2. The van der Waals surface area contributed by atoms with E-state index < -0.39 is 0 Å². The van der Waals surface area contributed by atoms with Gasteiger partial charge in [0.15, 0.2) is 5.96 Å². The molecule has 1 aromatic heterocycles. The van der Waals surface area contributed by atoms with Crippen molar-refractivity contribution in [2.75, 3.05) is 51.2 Å². The summed E-state index contributed by atoms with van der Waals surface area (Å²) < 4.78 is 0. The standard InChI is InChI=1S/C24H34N6.HI/c1-25-24(30-17-15-29(16-18-30)23-7-3-4-12-26-23)27-19-21-8-10-22(11-9-21)20-28-13-5-2-6-14-28;/h3-4,7-12H,2,5-6,13-20H2,1H3,(H,25,27);1H. The molecule has 2 aliphatic rings. The van der Waals surface area contributed by atoms with Gasteiger partial charge in [0.2, 0.25) is 0 Å². The van der Waals surface area contributed by atoms with Gasteiger partial charge in [-0.25, -0.2) is 4.98 Å². The van der Waals surface area contributed by atoms with Crippen LogP contribution in [0.15, 0.2) is 53.7 Å². The lowest BCUT2D eigenvalue weighted by molar-refractivity contribution is 0.221. The fourth-order valence-corrected chi connectivity index (χ4v) is 4.34. The minimum absolute atomic E-state index is 0. The predicted molar refractivity (Wildman–Crippen MR) is 139 cm³/mol. The molecule has 7 heteroatoms. The van der Waals surface area contributed by atoms with Crippen LogP contribution in [0.3, 0.4) is 0 Å². The molecule has 0 aliphatic carbocycles. The molecule has 2 aromatic rings. The van der Waals surface area contributed by atoms with Gasteiger partial charge in [0.25, 0.3) is 0 Å². The molecule has 3 heterocycles. The molecule has 1 N–H and O–H groups in total. The van der Waals surface area contributed by atoms with Gasteiger partial charge in [0, 0.05) is 52.5 Å². The van der Waals surface area contributed by atoms with Crippen molar-refractivity contribution in [2.45, 2.75) is 32.4 Å². The van der Waals surface area contributed by atoms with Crippen LogP contribution >= 0.6 is 24.0 Å². The van der Waals surface area contributed by atoms with E-state index in [0.717, 1.165) is 51.0 Å². The van der Waals surface area contributed by atoms with Crippen LogP contribution < -0.4 is 10.2 Å². The summed E-state index contributed by atoms with van der Waals surface area (Å²) in [6, 6.07) is 15.1. The van der Waals surface area contributed by atoms with Gasteiger partial charge in [-0.1, -0.05) is 36.8 Å². The molecule has 1 aromatic carbocycles. The number of piperazine rings is 1. The minimum atomic E-state index is 0. The van der Waals surface area contributed by atoms with E-state index in [1.165, 1.54) is 43.5 Å². The van der Waals surface area contributed by atoms with Crippen LogP contribution in [0.2, 0.25) is 0 Å². The van der Waals surface area contributed by atoms with Crippen LogP contribution in [-0.4, -0.2) is 67.1 Å². The highest BCUT2D eigenvalue weighted by molar-refractivity contribution is 14.0. The zero-order valence-corrected chi connectivity index (χ0v) is 20.9. The third-order valence-electron chi connectivity index (χ3n) is 6.09. The van der Waals surface area contributed by atoms with Crippen molar-refractivity contribution in [2.24, 2.45) is 4.99 Å². The highest BCUT2D eigenvalue weighted by atomic mass is 127. The van der Waals surface area contributed by atoms with Crippen molar-refractivity contribution in [3.05, 3.63) is 59.8 Å². The largest absolute Gasteiger partial charge is 0.353 e. The summed E-state index contributed by atoms with van der Waals surface area (Å²) in [6.07, 6.45) is 5.94. The zero-order valence-electron chi connectivity index (χ0n) is 18.5. The van der Waals surface area contributed by atoms with Crippen molar-refractivity contribution in [3.8, 4) is 0 Å². The van der Waals surface area contributed by atoms with Gasteiger partial charge in [-0.2, -0.15) is 0 Å². The van der Waals surface area contributed by atoms with Crippen molar-refractivity contribution in [3.63, 3.8) is 0 Å². The summed E-state index contributed by atoms with van der Waals surface area (Å²) in [5.74, 6) is 2.04. The number of aliphatic imine (C=N–C) groups is 1. The number of rotatable bonds is 5. The maximum absolute atomic E-state index is 4.51. The Kier molecular flexibility index (Phi) is 9.39. The SMILES string of the molecule is CN=C(NCc1ccc(CN2CCCCC2)cc1)N1CCN(c2ccccn2)CC1.I. The van der Waals surface area contributed by atoms with E-state index in [-0.39, 0.29) is 24.0 Å². The summed E-state index contributed by atoms with van der Waals surface area (Å²) in [6.45, 7) is 8.19. The van der Waals surface area contributed by atoms with Crippen molar-refractivity contribution in [1.29, 1.82) is 0 Å². The number of hydrogen-bond donors (Lipinski definition) is 1. The van der Waals surface area contributed by atoms with Gasteiger partial charge in [-0.15, -0.1) is 24.0 Å². The van der Waals surface area contributed by atoms with Crippen LogP contribution in [0.4, 0.5) is 5.82 Å². The highest BCUT2D eigenvalue weighted by Crippen LogP contribution is 2.15. The number of piperidine rings is 1. The van der Waals surface area contributed by atoms with Crippen molar-refractivity contribution >= 4 is 35.8 Å². The van der Waals surface area contributed by atoms with Crippen LogP contribution in [0.5, 0.6) is 0 Å². The average Bonchev–Trinajstić information content (AvgIpc) is 2.82. The lowest BCUT2D eigenvalue weighted by atomic mass is 10.1. The summed E-state index contributed by atoms with van der Waals surface area (Å²) in [4.78, 5) is 16.2. The lowest BCUT2D eigenvalue weighted by Gasteiger charge is -2.37. The van der Waals surface area contributed by atoms with Gasteiger partial charge in [-0.05, 0) is 49.2 Å². The summed E-state index contributed by atoms with van der Waals surface area (Å²) >= 11 is 0. The maximum atomic E-state index is 4.51. The number of nitrogens with zero attached hydrogens (tertiary/aromatic N) is 5. The number of pyridine rings is 1. The second-order valence-electron chi connectivity index (χ2n) is 8.22. The molecule has 2 saturated heterocycles. The monoisotopic (exact) mass is 534 g/mol. The van der Waals surface area contributed by atoms with Gasteiger partial charge >= 0.3 is 0 Å². The number of likely N-dealkylation sites (tertiary alicyclic amines) is 1. The first kappa shape index (κ1) is 23.8. The quantitative estimate of drug-likeness (QED) is 0.361. The van der Waals surface area contributed by atoms with Crippen LogP contribution in [-0.2, 0) is 13.1 Å². The first-order chi connectivity index (χ1) is 14.8. The molecule has 0 saturated carbocycles. The Morgan fingerprint density at radius 1 is 0.903 bits per heavy atom. The van der Waals surface area contributed by atoms with Gasteiger partial charge in [0.05, 0.1) is 0 Å². The normalized spacial score (nSPS) is 17.9. The molecule has 0 radical (unpaired) electrons. The number of benzene rings is 1. The third kappa shape index (κ3) is 6.80. The van der Waals surface area contributed by atoms with Crippen molar-refractivity contribution in [1.82, 2.24) is 20.1 Å². The Bertz CT molecular complexity index is 797. The van der Waals surface area contributed by atoms with Gasteiger partial charge < -0.3 is 15.1 Å². The van der Waals surface area contributed by atoms with E-state index in [4.69, 9.17) is 0 Å². The number of aromatic nitrogens is 1. The van der Waals surface area contributed by atoms with Crippen LogP contribution in [0.1, 0.15) is 30.4 Å². The van der Waals surface area contributed by atoms with Gasteiger partial charge in [0.1, 0.15) is 5.82 Å². The molecule has 2 aliphatic heterocycles. The van der Waals surface area contributed by atoms with Crippen LogP contribution in [0.25, 0.3) is 0 Å². The molecule has 168 valence electrons. The Morgan fingerprint density at radius 3 is 2.26 bits per heavy atom. The van der Waals surface area contributed by atoms with Crippen molar-refractivity contribution < 1.29 is 0 Å².